The predicted molar refractivity (Wildman–Crippen MR) is 37.7 cm³/mol. The van der Waals surface area contributed by atoms with Gasteiger partial charge >= 0.3 is 5.97 Å². The van der Waals surface area contributed by atoms with Gasteiger partial charge in [-0.25, -0.2) is 0 Å². The lowest BCUT2D eigenvalue weighted by Crippen LogP contribution is -2.33. The summed E-state index contributed by atoms with van der Waals surface area (Å²) in [5.41, 5.74) is 4.77. The molecule has 0 saturated carbocycles. The van der Waals surface area contributed by atoms with Crippen molar-refractivity contribution in [3.63, 3.8) is 0 Å². The van der Waals surface area contributed by atoms with Crippen LogP contribution in [0.25, 0.3) is 0 Å². The molecular formula is C5H14N2O3. The largest absolute Gasteiger partial charge is 0.480 e. The number of nitrogens with one attached hydrogen (secondary N) is 1. The van der Waals surface area contributed by atoms with Crippen molar-refractivity contribution in [2.75, 3.05) is 20.7 Å². The van der Waals surface area contributed by atoms with Gasteiger partial charge in [-0.2, -0.15) is 0 Å². The lowest BCUT2D eigenvalue weighted by atomic mass is 10.3. The zero-order valence-electron chi connectivity index (χ0n) is 6.16. The molecule has 0 aliphatic carbocycles. The predicted octanol–water partition coefficient (Wildman–Crippen LogP) is -1.77. The van der Waals surface area contributed by atoms with Crippen LogP contribution in [0.4, 0.5) is 0 Å². The third-order valence-electron chi connectivity index (χ3n) is 0.514. The average Bonchev–Trinajstić information content (AvgIpc) is 1.88. The number of aliphatic hydroxyl groups excluding tert-OH is 1. The van der Waals surface area contributed by atoms with Gasteiger partial charge in [-0.05, 0) is 14.1 Å². The van der Waals surface area contributed by atoms with E-state index in [1.807, 2.05) is 14.1 Å². The number of carboxylic acid groups (broad SMARTS) is 1. The Kier molecular flexibility index (Phi) is 10.1. The standard InChI is InChI=1S/C3H7NO3.C2H7N/c4-2(1-5)3(6)7;1-3-2/h2,5H,1,4H2,(H,6,7);3H,1-2H3. The lowest BCUT2D eigenvalue weighted by molar-refractivity contribution is -0.139. The van der Waals surface area contributed by atoms with Gasteiger partial charge in [-0.3, -0.25) is 4.79 Å². The molecule has 1 unspecified atom stereocenters. The Bertz CT molecular complexity index is 87.0. The Hall–Kier alpha value is -0.650. The highest BCUT2D eigenvalue weighted by molar-refractivity contribution is 5.73. The van der Waals surface area contributed by atoms with Gasteiger partial charge in [-0.1, -0.05) is 0 Å². The van der Waals surface area contributed by atoms with Gasteiger partial charge in [0.15, 0.2) is 0 Å². The summed E-state index contributed by atoms with van der Waals surface area (Å²) in [6.45, 7) is -0.505. The SMILES string of the molecule is CNC.NC(CO)C(=O)O. The highest BCUT2D eigenvalue weighted by Gasteiger charge is 2.06. The second-order valence-corrected chi connectivity index (χ2v) is 1.63. The fourth-order valence-electron chi connectivity index (χ4n) is 0.0781. The molecule has 1 atom stereocenters. The smallest absolute Gasteiger partial charge is 0.322 e. The molecule has 0 aliphatic rings. The molecule has 0 radical (unpaired) electrons. The van der Waals surface area contributed by atoms with Crippen molar-refractivity contribution in [3.8, 4) is 0 Å². The molecule has 0 amide bonds. The minimum absolute atomic E-state index is 0.505. The van der Waals surface area contributed by atoms with Gasteiger partial charge < -0.3 is 21.3 Å². The van der Waals surface area contributed by atoms with Gasteiger partial charge in [-0.15, -0.1) is 0 Å². The zero-order valence-corrected chi connectivity index (χ0v) is 6.16. The second kappa shape index (κ2) is 8.35. The van der Waals surface area contributed by atoms with Crippen molar-refractivity contribution < 1.29 is 15.0 Å². The topological polar surface area (TPSA) is 95.6 Å². The van der Waals surface area contributed by atoms with Crippen LogP contribution >= 0.6 is 0 Å². The van der Waals surface area contributed by atoms with Crippen molar-refractivity contribution in [2.45, 2.75) is 6.04 Å². The molecule has 62 valence electrons. The third kappa shape index (κ3) is 10.4. The molecule has 0 aromatic rings. The van der Waals surface area contributed by atoms with Crippen LogP contribution in [0.2, 0.25) is 0 Å². The monoisotopic (exact) mass is 150 g/mol. The molecule has 10 heavy (non-hydrogen) atoms. The average molecular weight is 150 g/mol. The summed E-state index contributed by atoms with van der Waals surface area (Å²) in [6, 6.07) is -1.13. The van der Waals surface area contributed by atoms with Crippen LogP contribution in [0.1, 0.15) is 0 Å². The molecule has 0 aliphatic heterocycles. The molecule has 5 N–H and O–H groups in total. The first-order chi connectivity index (χ1) is 4.59. The van der Waals surface area contributed by atoms with Crippen LogP contribution in [-0.2, 0) is 4.79 Å². The summed E-state index contributed by atoms with van der Waals surface area (Å²) in [5.74, 6) is -1.18. The summed E-state index contributed by atoms with van der Waals surface area (Å²) in [6.07, 6.45) is 0. The van der Waals surface area contributed by atoms with Crippen molar-refractivity contribution in [1.82, 2.24) is 5.32 Å². The van der Waals surface area contributed by atoms with Crippen LogP contribution in [-0.4, -0.2) is 42.9 Å². The van der Waals surface area contributed by atoms with E-state index < -0.39 is 18.6 Å². The fraction of sp³-hybridized carbons (Fsp3) is 0.800. The maximum Gasteiger partial charge on any atom is 0.322 e. The third-order valence-corrected chi connectivity index (χ3v) is 0.514. The molecule has 0 saturated heterocycles. The molecule has 5 heteroatoms. The van der Waals surface area contributed by atoms with Crippen LogP contribution < -0.4 is 11.1 Å². The number of aliphatic carboxylic acids is 1. The van der Waals surface area contributed by atoms with Gasteiger partial charge in [0.2, 0.25) is 0 Å². The Morgan fingerprint density at radius 2 is 2.00 bits per heavy atom. The van der Waals surface area contributed by atoms with Gasteiger partial charge in [0.25, 0.3) is 0 Å². The van der Waals surface area contributed by atoms with E-state index in [1.54, 1.807) is 0 Å². The maximum atomic E-state index is 9.65. The van der Waals surface area contributed by atoms with E-state index in [2.05, 4.69) is 5.32 Å². The summed E-state index contributed by atoms with van der Waals surface area (Å²) < 4.78 is 0. The molecule has 0 rings (SSSR count). The van der Waals surface area contributed by atoms with Crippen molar-refractivity contribution >= 4 is 5.97 Å². The van der Waals surface area contributed by atoms with Gasteiger partial charge in [0.05, 0.1) is 6.61 Å². The van der Waals surface area contributed by atoms with E-state index in [0.717, 1.165) is 0 Å². The number of hydrogen-bond acceptors (Lipinski definition) is 4. The molecule has 0 bridgehead atoms. The number of carbonyl (C=O) groups is 1. The number of rotatable bonds is 2. The highest BCUT2D eigenvalue weighted by atomic mass is 16.4. The van der Waals surface area contributed by atoms with Crippen molar-refractivity contribution in [2.24, 2.45) is 5.73 Å². The van der Waals surface area contributed by atoms with Gasteiger partial charge in [0.1, 0.15) is 6.04 Å². The van der Waals surface area contributed by atoms with E-state index in [0.29, 0.717) is 0 Å². The minimum atomic E-state index is -1.18. The number of carboxylic acids is 1. The lowest BCUT2D eigenvalue weighted by Gasteiger charge is -1.96. The Balaban J connectivity index is 0. The highest BCUT2D eigenvalue weighted by Crippen LogP contribution is 1.71. The van der Waals surface area contributed by atoms with Crippen molar-refractivity contribution in [3.05, 3.63) is 0 Å². The van der Waals surface area contributed by atoms with E-state index in [-0.39, 0.29) is 0 Å². The summed E-state index contributed by atoms with van der Waals surface area (Å²) in [7, 11) is 3.75. The quantitative estimate of drug-likeness (QED) is 0.373. The molecule has 0 spiro atoms. The number of hydrogen-bond donors (Lipinski definition) is 4. The van der Waals surface area contributed by atoms with Crippen LogP contribution in [0.3, 0.4) is 0 Å². The summed E-state index contributed by atoms with van der Waals surface area (Å²) >= 11 is 0. The molecule has 5 nitrogen and oxygen atoms in total. The van der Waals surface area contributed by atoms with E-state index >= 15 is 0 Å². The number of nitrogens with two attached hydrogens (primary N) is 1. The summed E-state index contributed by atoms with van der Waals surface area (Å²) in [4.78, 5) is 9.65. The number of aliphatic hydroxyl groups is 1. The Labute approximate surface area is 59.8 Å². The molecule has 0 aromatic carbocycles. The Morgan fingerprint density at radius 1 is 1.70 bits per heavy atom. The van der Waals surface area contributed by atoms with Crippen LogP contribution in [0.15, 0.2) is 0 Å². The van der Waals surface area contributed by atoms with Crippen LogP contribution in [0.5, 0.6) is 0 Å². The van der Waals surface area contributed by atoms with E-state index in [4.69, 9.17) is 15.9 Å². The van der Waals surface area contributed by atoms with Crippen molar-refractivity contribution in [1.29, 1.82) is 0 Å². The zero-order chi connectivity index (χ0) is 8.57. The van der Waals surface area contributed by atoms with Crippen LogP contribution in [0, 0.1) is 0 Å². The molecule has 0 fully saturated rings. The first-order valence-corrected chi connectivity index (χ1v) is 2.77. The summed E-state index contributed by atoms with van der Waals surface area (Å²) in [5, 5.41) is 18.6. The fourth-order valence-corrected chi connectivity index (χ4v) is 0.0781. The first kappa shape index (κ1) is 12.1. The van der Waals surface area contributed by atoms with E-state index in [9.17, 15) is 4.79 Å². The molecule has 0 heterocycles. The van der Waals surface area contributed by atoms with E-state index in [1.165, 1.54) is 0 Å². The van der Waals surface area contributed by atoms with Gasteiger partial charge in [0, 0.05) is 0 Å². The molecular weight excluding hydrogens is 136 g/mol. The normalized spacial score (nSPS) is 11.2. The second-order valence-electron chi connectivity index (χ2n) is 1.63. The maximum absolute atomic E-state index is 9.65. The first-order valence-electron chi connectivity index (χ1n) is 2.77. The minimum Gasteiger partial charge on any atom is -0.480 e. The Morgan fingerprint density at radius 3 is 2.00 bits per heavy atom. The molecule has 0 aromatic heterocycles.